The largest absolute Gasteiger partial charge is 0.409 e. The zero-order chi connectivity index (χ0) is 14.1. The maximum Gasteiger partial charge on any atom is 0.307 e. The fourth-order valence-electron chi connectivity index (χ4n) is 1.72. The molecule has 2 aromatic heterocycles. The molecule has 0 N–H and O–H groups in total. The van der Waals surface area contributed by atoms with E-state index in [9.17, 15) is 4.21 Å². The Bertz CT molecular complexity index is 765. The molecule has 3 aromatic rings. The molecule has 0 aliphatic rings. The minimum absolute atomic E-state index is 0.133. The molecule has 102 valence electrons. The predicted molar refractivity (Wildman–Crippen MR) is 77.9 cm³/mol. The number of hydrogen-bond acceptors (Lipinski definition) is 6. The topological polar surface area (TPSA) is 68.9 Å². The first kappa shape index (κ1) is 13.1. The summed E-state index contributed by atoms with van der Waals surface area (Å²) in [5.41, 5.74) is 1.87. The van der Waals surface area contributed by atoms with Crippen LogP contribution in [0.15, 0.2) is 40.0 Å². The predicted octanol–water partition coefficient (Wildman–Crippen LogP) is 2.91. The van der Waals surface area contributed by atoms with Gasteiger partial charge in [0.15, 0.2) is 0 Å². The SMILES string of the molecule is Cc1nc(-c2ccccc2)sc1-c1nnc(S(C)=O)o1. The first-order chi connectivity index (χ1) is 9.65. The van der Waals surface area contributed by atoms with Crippen LogP contribution in [0.4, 0.5) is 0 Å². The lowest BCUT2D eigenvalue weighted by atomic mass is 10.2. The highest BCUT2D eigenvalue weighted by Gasteiger charge is 2.17. The minimum Gasteiger partial charge on any atom is -0.409 e. The van der Waals surface area contributed by atoms with Crippen molar-refractivity contribution in [2.75, 3.05) is 6.26 Å². The average molecular weight is 305 g/mol. The van der Waals surface area contributed by atoms with Gasteiger partial charge < -0.3 is 4.42 Å². The van der Waals surface area contributed by atoms with Gasteiger partial charge in [-0.15, -0.1) is 16.4 Å². The Morgan fingerprint density at radius 3 is 2.60 bits per heavy atom. The number of aromatic nitrogens is 3. The van der Waals surface area contributed by atoms with Crippen molar-refractivity contribution in [1.82, 2.24) is 15.2 Å². The van der Waals surface area contributed by atoms with Crippen molar-refractivity contribution in [3.8, 4) is 21.3 Å². The van der Waals surface area contributed by atoms with Gasteiger partial charge in [0, 0.05) is 11.8 Å². The van der Waals surface area contributed by atoms with Gasteiger partial charge in [0.25, 0.3) is 5.89 Å². The van der Waals surface area contributed by atoms with E-state index in [0.717, 1.165) is 21.1 Å². The van der Waals surface area contributed by atoms with Crippen molar-refractivity contribution in [2.24, 2.45) is 0 Å². The first-order valence-electron chi connectivity index (χ1n) is 5.85. The zero-order valence-electron chi connectivity index (χ0n) is 10.9. The van der Waals surface area contributed by atoms with Crippen molar-refractivity contribution in [3.05, 3.63) is 36.0 Å². The van der Waals surface area contributed by atoms with Crippen LogP contribution in [0, 0.1) is 6.92 Å². The van der Waals surface area contributed by atoms with Crippen LogP contribution in [-0.2, 0) is 10.8 Å². The maximum absolute atomic E-state index is 11.3. The van der Waals surface area contributed by atoms with Crippen LogP contribution in [0.25, 0.3) is 21.3 Å². The monoisotopic (exact) mass is 305 g/mol. The highest BCUT2D eigenvalue weighted by Crippen LogP contribution is 2.34. The lowest BCUT2D eigenvalue weighted by Gasteiger charge is -1.92. The third-order valence-corrected chi connectivity index (χ3v) is 4.52. The summed E-state index contributed by atoms with van der Waals surface area (Å²) in [5, 5.41) is 8.75. The van der Waals surface area contributed by atoms with Crippen LogP contribution in [-0.4, -0.2) is 25.6 Å². The summed E-state index contributed by atoms with van der Waals surface area (Å²) in [6.45, 7) is 1.89. The Morgan fingerprint density at radius 1 is 1.20 bits per heavy atom. The molecule has 0 bridgehead atoms. The van der Waals surface area contributed by atoms with Gasteiger partial charge in [-0.3, -0.25) is 0 Å². The van der Waals surface area contributed by atoms with Crippen LogP contribution in [0.3, 0.4) is 0 Å². The Kier molecular flexibility index (Phi) is 3.45. The van der Waals surface area contributed by atoms with E-state index in [4.69, 9.17) is 4.42 Å². The molecular formula is C13H11N3O2S2. The fraction of sp³-hybridized carbons (Fsp3) is 0.154. The van der Waals surface area contributed by atoms with E-state index in [-0.39, 0.29) is 5.22 Å². The zero-order valence-corrected chi connectivity index (χ0v) is 12.5. The quantitative estimate of drug-likeness (QED) is 0.744. The first-order valence-corrected chi connectivity index (χ1v) is 8.23. The summed E-state index contributed by atoms with van der Waals surface area (Å²) >= 11 is 1.48. The second kappa shape index (κ2) is 5.26. The van der Waals surface area contributed by atoms with Crippen LogP contribution < -0.4 is 0 Å². The normalized spacial score (nSPS) is 12.5. The fourth-order valence-corrected chi connectivity index (χ4v) is 3.06. The van der Waals surface area contributed by atoms with Gasteiger partial charge in [-0.25, -0.2) is 9.19 Å². The number of nitrogens with zero attached hydrogens (tertiary/aromatic N) is 3. The molecule has 0 amide bonds. The molecule has 0 spiro atoms. The Balaban J connectivity index is 2.02. The molecule has 20 heavy (non-hydrogen) atoms. The van der Waals surface area contributed by atoms with Crippen molar-refractivity contribution >= 4 is 22.1 Å². The Hall–Kier alpha value is -1.86. The van der Waals surface area contributed by atoms with Crippen molar-refractivity contribution < 1.29 is 8.63 Å². The summed E-state index contributed by atoms with van der Waals surface area (Å²) in [4.78, 5) is 5.34. The molecule has 1 aromatic carbocycles. The molecule has 5 nitrogen and oxygen atoms in total. The molecule has 3 rings (SSSR count). The second-order valence-electron chi connectivity index (χ2n) is 4.13. The molecule has 7 heteroatoms. The summed E-state index contributed by atoms with van der Waals surface area (Å²) in [6, 6.07) is 9.91. The smallest absolute Gasteiger partial charge is 0.307 e. The van der Waals surface area contributed by atoms with E-state index >= 15 is 0 Å². The molecule has 0 radical (unpaired) electrons. The third-order valence-electron chi connectivity index (χ3n) is 2.66. The van der Waals surface area contributed by atoms with Gasteiger partial charge >= 0.3 is 5.22 Å². The van der Waals surface area contributed by atoms with Crippen LogP contribution in [0.2, 0.25) is 0 Å². The summed E-state index contributed by atoms with van der Waals surface area (Å²) in [5.74, 6) is 0.368. The van der Waals surface area contributed by atoms with Crippen LogP contribution in [0.1, 0.15) is 5.69 Å². The molecule has 1 unspecified atom stereocenters. The minimum atomic E-state index is -1.27. The standard InChI is InChI=1S/C13H11N3O2S2/c1-8-10(11-15-16-13(18-11)20(2)17)19-12(14-8)9-6-4-3-5-7-9/h3-7H,1-2H3. The molecule has 1 atom stereocenters. The lowest BCUT2D eigenvalue weighted by Crippen LogP contribution is -1.85. The number of aryl methyl sites for hydroxylation is 1. The van der Waals surface area contributed by atoms with E-state index in [2.05, 4.69) is 15.2 Å². The number of hydrogen-bond donors (Lipinski definition) is 0. The van der Waals surface area contributed by atoms with Crippen LogP contribution in [0.5, 0.6) is 0 Å². The molecule has 2 heterocycles. The summed E-state index contributed by atoms with van der Waals surface area (Å²) < 4.78 is 16.7. The highest BCUT2D eigenvalue weighted by atomic mass is 32.2. The van der Waals surface area contributed by atoms with Crippen molar-refractivity contribution in [1.29, 1.82) is 0 Å². The van der Waals surface area contributed by atoms with E-state index in [1.165, 1.54) is 17.6 Å². The van der Waals surface area contributed by atoms with E-state index in [0.29, 0.717) is 5.89 Å². The van der Waals surface area contributed by atoms with Gasteiger partial charge in [-0.1, -0.05) is 35.4 Å². The summed E-state index contributed by atoms with van der Waals surface area (Å²) in [6.07, 6.45) is 1.51. The van der Waals surface area contributed by atoms with Crippen LogP contribution >= 0.6 is 11.3 Å². The molecule has 0 saturated carbocycles. The average Bonchev–Trinajstić information content (AvgIpc) is 3.06. The number of thiazole rings is 1. The second-order valence-corrected chi connectivity index (χ2v) is 6.38. The molecular weight excluding hydrogens is 294 g/mol. The van der Waals surface area contributed by atoms with Gasteiger partial charge in [0.05, 0.1) is 5.69 Å². The molecule has 0 aliphatic heterocycles. The Morgan fingerprint density at radius 2 is 1.95 bits per heavy atom. The molecule has 0 aliphatic carbocycles. The molecule has 0 fully saturated rings. The van der Waals surface area contributed by atoms with E-state index < -0.39 is 10.8 Å². The van der Waals surface area contributed by atoms with Gasteiger partial charge in [0.2, 0.25) is 0 Å². The lowest BCUT2D eigenvalue weighted by molar-refractivity contribution is 0.457. The third kappa shape index (κ3) is 2.41. The van der Waals surface area contributed by atoms with Gasteiger partial charge in [0.1, 0.15) is 20.7 Å². The van der Waals surface area contributed by atoms with Gasteiger partial charge in [-0.05, 0) is 6.92 Å². The molecule has 0 saturated heterocycles. The van der Waals surface area contributed by atoms with E-state index in [1.807, 2.05) is 37.3 Å². The number of rotatable bonds is 3. The highest BCUT2D eigenvalue weighted by molar-refractivity contribution is 7.84. The Labute approximate surface area is 122 Å². The number of benzene rings is 1. The maximum atomic E-state index is 11.3. The van der Waals surface area contributed by atoms with E-state index in [1.54, 1.807) is 0 Å². The van der Waals surface area contributed by atoms with Crippen molar-refractivity contribution in [2.45, 2.75) is 12.1 Å². The van der Waals surface area contributed by atoms with Crippen molar-refractivity contribution in [3.63, 3.8) is 0 Å². The summed E-state index contributed by atoms with van der Waals surface area (Å²) in [7, 11) is -1.27. The van der Waals surface area contributed by atoms with Gasteiger partial charge in [-0.2, -0.15) is 0 Å².